The van der Waals surface area contributed by atoms with Crippen LogP contribution in [-0.4, -0.2) is 25.0 Å². The normalized spacial score (nSPS) is 20.8. The number of benzene rings is 1. The SMILES string of the molecule is CCN(CC)c1ccc(NC(=O)[C@@H]2CCCC[C@H]2C(=O)[O-])cc1. The van der Waals surface area contributed by atoms with E-state index in [0.29, 0.717) is 18.5 Å². The lowest BCUT2D eigenvalue weighted by atomic mass is 9.78. The van der Waals surface area contributed by atoms with Crippen LogP contribution in [0.2, 0.25) is 0 Å². The molecule has 2 atom stereocenters. The second-order valence-electron chi connectivity index (χ2n) is 6.02. The summed E-state index contributed by atoms with van der Waals surface area (Å²) in [5.41, 5.74) is 1.81. The number of carboxylic acid groups (broad SMARTS) is 1. The van der Waals surface area contributed by atoms with Crippen LogP contribution in [-0.2, 0) is 9.59 Å². The third-order valence-electron chi connectivity index (χ3n) is 4.67. The molecule has 5 nitrogen and oxygen atoms in total. The maximum atomic E-state index is 12.4. The smallest absolute Gasteiger partial charge is 0.228 e. The molecule has 1 aliphatic carbocycles. The highest BCUT2D eigenvalue weighted by molar-refractivity contribution is 5.95. The van der Waals surface area contributed by atoms with Crippen LogP contribution in [0, 0.1) is 11.8 Å². The Kier molecular flexibility index (Phi) is 6.02. The molecule has 0 unspecified atom stereocenters. The first-order valence-electron chi connectivity index (χ1n) is 8.43. The summed E-state index contributed by atoms with van der Waals surface area (Å²) in [6, 6.07) is 7.67. The second-order valence-corrected chi connectivity index (χ2v) is 6.02. The topological polar surface area (TPSA) is 72.5 Å². The molecule has 0 radical (unpaired) electrons. The Morgan fingerprint density at radius 2 is 1.65 bits per heavy atom. The minimum absolute atomic E-state index is 0.213. The van der Waals surface area contributed by atoms with Crippen molar-refractivity contribution in [2.24, 2.45) is 11.8 Å². The first kappa shape index (κ1) is 17.3. The van der Waals surface area contributed by atoms with Gasteiger partial charge >= 0.3 is 0 Å². The van der Waals surface area contributed by atoms with Crippen molar-refractivity contribution in [2.45, 2.75) is 39.5 Å². The number of carbonyl (C=O) groups is 2. The Balaban J connectivity index is 2.03. The van der Waals surface area contributed by atoms with Crippen molar-refractivity contribution in [3.8, 4) is 0 Å². The molecule has 1 amide bonds. The number of carbonyl (C=O) groups excluding carboxylic acids is 2. The van der Waals surface area contributed by atoms with Crippen molar-refractivity contribution in [3.05, 3.63) is 24.3 Å². The number of hydrogen-bond acceptors (Lipinski definition) is 4. The van der Waals surface area contributed by atoms with Crippen LogP contribution < -0.4 is 15.3 Å². The van der Waals surface area contributed by atoms with Crippen LogP contribution in [0.5, 0.6) is 0 Å². The second kappa shape index (κ2) is 7.99. The molecule has 5 heteroatoms. The van der Waals surface area contributed by atoms with E-state index < -0.39 is 17.8 Å². The van der Waals surface area contributed by atoms with Crippen LogP contribution in [0.3, 0.4) is 0 Å². The number of amides is 1. The molecule has 1 aliphatic rings. The summed E-state index contributed by atoms with van der Waals surface area (Å²) in [5, 5.41) is 14.1. The highest BCUT2D eigenvalue weighted by Crippen LogP contribution is 2.31. The van der Waals surface area contributed by atoms with E-state index in [4.69, 9.17) is 0 Å². The Morgan fingerprint density at radius 3 is 2.17 bits per heavy atom. The Hall–Kier alpha value is -2.04. The van der Waals surface area contributed by atoms with Crippen molar-refractivity contribution < 1.29 is 14.7 Å². The highest BCUT2D eigenvalue weighted by atomic mass is 16.4. The van der Waals surface area contributed by atoms with E-state index in [-0.39, 0.29) is 5.91 Å². The maximum Gasteiger partial charge on any atom is 0.228 e. The minimum atomic E-state index is -1.11. The Labute approximate surface area is 137 Å². The molecule has 1 N–H and O–H groups in total. The number of rotatable bonds is 6. The van der Waals surface area contributed by atoms with E-state index in [2.05, 4.69) is 24.1 Å². The molecule has 0 spiro atoms. The zero-order valence-corrected chi connectivity index (χ0v) is 13.9. The molecule has 1 aromatic rings. The summed E-state index contributed by atoms with van der Waals surface area (Å²) in [4.78, 5) is 25.8. The van der Waals surface area contributed by atoms with Crippen molar-refractivity contribution in [2.75, 3.05) is 23.3 Å². The summed E-state index contributed by atoms with van der Waals surface area (Å²) in [7, 11) is 0. The Morgan fingerprint density at radius 1 is 1.09 bits per heavy atom. The predicted molar refractivity (Wildman–Crippen MR) is 89.1 cm³/mol. The summed E-state index contributed by atoms with van der Waals surface area (Å²) < 4.78 is 0. The number of carboxylic acids is 1. The lowest BCUT2D eigenvalue weighted by Crippen LogP contribution is -2.42. The standard InChI is InChI=1S/C18H26N2O3/c1-3-20(4-2)14-11-9-13(10-12-14)19-17(21)15-7-5-6-8-16(15)18(22)23/h9-12,15-16H,3-8H2,1-2H3,(H,19,21)(H,22,23)/p-1/t15-,16-/m1/s1. The number of nitrogens with zero attached hydrogens (tertiary/aromatic N) is 1. The Bertz CT molecular complexity index is 538. The monoisotopic (exact) mass is 317 g/mol. The van der Waals surface area contributed by atoms with Gasteiger partial charge in [0.15, 0.2) is 0 Å². The largest absolute Gasteiger partial charge is 0.550 e. The van der Waals surface area contributed by atoms with Gasteiger partial charge in [0, 0.05) is 42.3 Å². The minimum Gasteiger partial charge on any atom is -0.550 e. The third-order valence-corrected chi connectivity index (χ3v) is 4.67. The van der Waals surface area contributed by atoms with E-state index in [9.17, 15) is 14.7 Å². The van der Waals surface area contributed by atoms with Crippen LogP contribution in [0.4, 0.5) is 11.4 Å². The molecular weight excluding hydrogens is 292 g/mol. The molecule has 0 aliphatic heterocycles. The van der Waals surface area contributed by atoms with Crippen LogP contribution in [0.25, 0.3) is 0 Å². The molecule has 1 aromatic carbocycles. The van der Waals surface area contributed by atoms with Gasteiger partial charge in [-0.3, -0.25) is 4.79 Å². The fraction of sp³-hybridized carbons (Fsp3) is 0.556. The fourth-order valence-corrected chi connectivity index (χ4v) is 3.31. The van der Waals surface area contributed by atoms with E-state index in [1.807, 2.05) is 24.3 Å². The molecule has 1 saturated carbocycles. The average Bonchev–Trinajstić information content (AvgIpc) is 2.57. The van der Waals surface area contributed by atoms with E-state index >= 15 is 0 Å². The van der Waals surface area contributed by atoms with Gasteiger partial charge in [-0.25, -0.2) is 0 Å². The maximum absolute atomic E-state index is 12.4. The van der Waals surface area contributed by atoms with Crippen molar-refractivity contribution >= 4 is 23.3 Å². The lowest BCUT2D eigenvalue weighted by Gasteiger charge is -2.31. The number of anilines is 2. The number of aliphatic carboxylic acids is 1. The summed E-state index contributed by atoms with van der Waals surface area (Å²) >= 11 is 0. The fourth-order valence-electron chi connectivity index (χ4n) is 3.31. The van der Waals surface area contributed by atoms with E-state index in [1.165, 1.54) is 0 Å². The summed E-state index contributed by atoms with van der Waals surface area (Å²) in [5.74, 6) is -2.48. The first-order chi connectivity index (χ1) is 11.1. The number of hydrogen-bond donors (Lipinski definition) is 1. The zero-order chi connectivity index (χ0) is 16.8. The third kappa shape index (κ3) is 4.24. The summed E-state index contributed by atoms with van der Waals surface area (Å²) in [6.45, 7) is 6.06. The molecule has 1 fully saturated rings. The van der Waals surface area contributed by atoms with Gasteiger partial charge < -0.3 is 20.1 Å². The molecule has 2 rings (SSSR count). The quantitative estimate of drug-likeness (QED) is 0.871. The van der Waals surface area contributed by atoms with Crippen molar-refractivity contribution in [1.29, 1.82) is 0 Å². The highest BCUT2D eigenvalue weighted by Gasteiger charge is 2.31. The molecule has 23 heavy (non-hydrogen) atoms. The van der Waals surface area contributed by atoms with Gasteiger partial charge in [0.2, 0.25) is 5.91 Å². The van der Waals surface area contributed by atoms with Crippen molar-refractivity contribution in [3.63, 3.8) is 0 Å². The molecule has 0 bridgehead atoms. The van der Waals surface area contributed by atoms with Crippen LogP contribution in [0.1, 0.15) is 39.5 Å². The first-order valence-corrected chi connectivity index (χ1v) is 8.43. The molecule has 0 aromatic heterocycles. The van der Waals surface area contributed by atoms with Gasteiger partial charge in [-0.2, -0.15) is 0 Å². The average molecular weight is 317 g/mol. The van der Waals surface area contributed by atoms with Crippen LogP contribution in [0.15, 0.2) is 24.3 Å². The van der Waals surface area contributed by atoms with Gasteiger partial charge in [-0.05, 0) is 51.0 Å². The van der Waals surface area contributed by atoms with Gasteiger partial charge in [-0.15, -0.1) is 0 Å². The summed E-state index contributed by atoms with van der Waals surface area (Å²) in [6.07, 6.45) is 2.88. The molecule has 126 valence electrons. The zero-order valence-electron chi connectivity index (χ0n) is 13.9. The van der Waals surface area contributed by atoms with Gasteiger partial charge in [0.25, 0.3) is 0 Å². The lowest BCUT2D eigenvalue weighted by molar-refractivity contribution is -0.313. The molecule has 0 heterocycles. The molecule has 0 saturated heterocycles. The van der Waals surface area contributed by atoms with Crippen molar-refractivity contribution in [1.82, 2.24) is 0 Å². The van der Waals surface area contributed by atoms with Gasteiger partial charge in [0.1, 0.15) is 0 Å². The molecular formula is C18H25N2O3-. The van der Waals surface area contributed by atoms with Gasteiger partial charge in [-0.1, -0.05) is 12.8 Å². The number of nitrogens with one attached hydrogen (secondary N) is 1. The van der Waals surface area contributed by atoms with Gasteiger partial charge in [0.05, 0.1) is 0 Å². The van der Waals surface area contributed by atoms with E-state index in [1.54, 1.807) is 0 Å². The van der Waals surface area contributed by atoms with Crippen LogP contribution >= 0.6 is 0 Å². The predicted octanol–water partition coefficient (Wildman–Crippen LogP) is 2.03. The van der Waals surface area contributed by atoms with E-state index in [0.717, 1.165) is 31.6 Å².